The second-order valence-corrected chi connectivity index (χ2v) is 5.95. The molecule has 0 aliphatic carbocycles. The third kappa shape index (κ3) is 4.80. The van der Waals surface area contributed by atoms with Crippen molar-refractivity contribution in [3.63, 3.8) is 0 Å². The lowest BCUT2D eigenvalue weighted by Crippen LogP contribution is -2.44. The van der Waals surface area contributed by atoms with E-state index in [0.29, 0.717) is 25.4 Å². The SMILES string of the molecule is Cc1ccc(C(CNC(=O)Nc2ccc(F)cc2)N2CCOCC2)o1. The van der Waals surface area contributed by atoms with Crippen molar-refractivity contribution in [2.24, 2.45) is 0 Å². The molecule has 25 heavy (non-hydrogen) atoms. The van der Waals surface area contributed by atoms with Gasteiger partial charge in [0, 0.05) is 25.3 Å². The number of rotatable bonds is 5. The molecule has 3 rings (SSSR count). The minimum absolute atomic E-state index is 0.0587. The van der Waals surface area contributed by atoms with Crippen molar-refractivity contribution in [2.45, 2.75) is 13.0 Å². The normalized spacial score (nSPS) is 16.4. The highest BCUT2D eigenvalue weighted by Crippen LogP contribution is 2.23. The lowest BCUT2D eigenvalue weighted by Gasteiger charge is -2.33. The number of morpholine rings is 1. The number of hydrogen-bond donors (Lipinski definition) is 2. The van der Waals surface area contributed by atoms with Crippen LogP contribution in [0.25, 0.3) is 0 Å². The van der Waals surface area contributed by atoms with E-state index in [2.05, 4.69) is 15.5 Å². The Bertz CT molecular complexity index is 696. The van der Waals surface area contributed by atoms with E-state index in [1.54, 1.807) is 0 Å². The maximum atomic E-state index is 12.9. The topological polar surface area (TPSA) is 66.7 Å². The Hall–Kier alpha value is -2.38. The van der Waals surface area contributed by atoms with Gasteiger partial charge in [0.05, 0.1) is 19.3 Å². The second kappa shape index (κ2) is 8.13. The number of benzene rings is 1. The van der Waals surface area contributed by atoms with Gasteiger partial charge < -0.3 is 19.8 Å². The standard InChI is InChI=1S/C18H22FN3O3/c1-13-2-7-17(25-13)16(22-8-10-24-11-9-22)12-20-18(23)21-15-5-3-14(19)4-6-15/h2-7,16H,8-12H2,1H3,(H2,20,21,23). The first kappa shape index (κ1) is 17.4. The molecule has 0 spiro atoms. The molecule has 0 radical (unpaired) electrons. The van der Waals surface area contributed by atoms with Crippen LogP contribution >= 0.6 is 0 Å². The molecule has 7 heteroatoms. The van der Waals surface area contributed by atoms with Crippen LogP contribution < -0.4 is 10.6 Å². The fourth-order valence-corrected chi connectivity index (χ4v) is 2.83. The van der Waals surface area contributed by atoms with E-state index in [-0.39, 0.29) is 17.9 Å². The highest BCUT2D eigenvalue weighted by molar-refractivity contribution is 5.89. The first-order valence-electron chi connectivity index (χ1n) is 8.30. The van der Waals surface area contributed by atoms with Crippen LogP contribution in [0.4, 0.5) is 14.9 Å². The quantitative estimate of drug-likeness (QED) is 0.873. The Balaban J connectivity index is 1.61. The number of carbonyl (C=O) groups is 1. The molecule has 1 saturated heterocycles. The van der Waals surface area contributed by atoms with E-state index in [1.807, 2.05) is 19.1 Å². The zero-order valence-electron chi connectivity index (χ0n) is 14.1. The summed E-state index contributed by atoms with van der Waals surface area (Å²) in [5.41, 5.74) is 0.538. The molecule has 2 aromatic rings. The van der Waals surface area contributed by atoms with Gasteiger partial charge in [-0.05, 0) is 43.3 Å². The van der Waals surface area contributed by atoms with E-state index in [4.69, 9.17) is 9.15 Å². The van der Waals surface area contributed by atoms with E-state index >= 15 is 0 Å². The summed E-state index contributed by atoms with van der Waals surface area (Å²) < 4.78 is 24.1. The largest absolute Gasteiger partial charge is 0.465 e. The summed E-state index contributed by atoms with van der Waals surface area (Å²) in [4.78, 5) is 14.4. The molecule has 0 saturated carbocycles. The molecule has 1 atom stereocenters. The fourth-order valence-electron chi connectivity index (χ4n) is 2.83. The van der Waals surface area contributed by atoms with Crippen molar-refractivity contribution in [2.75, 3.05) is 38.2 Å². The van der Waals surface area contributed by atoms with Gasteiger partial charge in [0.1, 0.15) is 17.3 Å². The van der Waals surface area contributed by atoms with Crippen molar-refractivity contribution in [3.05, 3.63) is 53.7 Å². The average Bonchev–Trinajstić information content (AvgIpc) is 3.04. The molecule has 2 amide bonds. The number of halogens is 1. The van der Waals surface area contributed by atoms with Crippen LogP contribution in [0.5, 0.6) is 0 Å². The Morgan fingerprint density at radius 3 is 2.56 bits per heavy atom. The summed E-state index contributed by atoms with van der Waals surface area (Å²) in [6, 6.07) is 9.10. The molecule has 134 valence electrons. The van der Waals surface area contributed by atoms with Crippen LogP contribution in [-0.2, 0) is 4.74 Å². The Morgan fingerprint density at radius 1 is 1.20 bits per heavy atom. The predicted molar refractivity (Wildman–Crippen MR) is 92.0 cm³/mol. The van der Waals surface area contributed by atoms with Gasteiger partial charge in [-0.2, -0.15) is 0 Å². The molecule has 0 bridgehead atoms. The summed E-state index contributed by atoms with van der Waals surface area (Å²) in [5.74, 6) is 1.32. The number of urea groups is 1. The van der Waals surface area contributed by atoms with Gasteiger partial charge >= 0.3 is 6.03 Å². The molecular weight excluding hydrogens is 325 g/mol. The maximum absolute atomic E-state index is 12.9. The van der Waals surface area contributed by atoms with Crippen molar-refractivity contribution in [1.29, 1.82) is 0 Å². The van der Waals surface area contributed by atoms with E-state index in [9.17, 15) is 9.18 Å². The van der Waals surface area contributed by atoms with Crippen LogP contribution in [0.1, 0.15) is 17.6 Å². The number of carbonyl (C=O) groups excluding carboxylic acids is 1. The molecule has 1 aromatic carbocycles. The van der Waals surface area contributed by atoms with Gasteiger partial charge in [0.15, 0.2) is 0 Å². The molecule has 2 heterocycles. The number of ether oxygens (including phenoxy) is 1. The number of hydrogen-bond acceptors (Lipinski definition) is 4. The van der Waals surface area contributed by atoms with Crippen LogP contribution in [0.3, 0.4) is 0 Å². The van der Waals surface area contributed by atoms with E-state index < -0.39 is 0 Å². The third-order valence-electron chi connectivity index (χ3n) is 4.13. The molecule has 1 fully saturated rings. The van der Waals surface area contributed by atoms with Crippen LogP contribution in [0, 0.1) is 12.7 Å². The summed E-state index contributed by atoms with van der Waals surface area (Å²) in [6.45, 7) is 5.20. The third-order valence-corrected chi connectivity index (χ3v) is 4.13. The molecule has 1 unspecified atom stereocenters. The van der Waals surface area contributed by atoms with E-state index in [0.717, 1.165) is 24.6 Å². The highest BCUT2D eigenvalue weighted by atomic mass is 19.1. The number of furan rings is 1. The van der Waals surface area contributed by atoms with Gasteiger partial charge in [0.2, 0.25) is 0 Å². The maximum Gasteiger partial charge on any atom is 0.319 e. The first-order valence-corrected chi connectivity index (χ1v) is 8.30. The van der Waals surface area contributed by atoms with Gasteiger partial charge in [-0.15, -0.1) is 0 Å². The van der Waals surface area contributed by atoms with Crippen molar-refractivity contribution in [3.8, 4) is 0 Å². The number of aryl methyl sites for hydroxylation is 1. The highest BCUT2D eigenvalue weighted by Gasteiger charge is 2.25. The van der Waals surface area contributed by atoms with Crippen molar-refractivity contribution < 1.29 is 18.3 Å². The number of nitrogens with one attached hydrogen (secondary N) is 2. The van der Waals surface area contributed by atoms with Crippen LogP contribution in [-0.4, -0.2) is 43.8 Å². The van der Waals surface area contributed by atoms with Gasteiger partial charge in [0.25, 0.3) is 0 Å². The number of anilines is 1. The molecule has 1 aliphatic heterocycles. The molecule has 2 N–H and O–H groups in total. The fraction of sp³-hybridized carbons (Fsp3) is 0.389. The van der Waals surface area contributed by atoms with E-state index in [1.165, 1.54) is 24.3 Å². The lowest BCUT2D eigenvalue weighted by atomic mass is 10.1. The predicted octanol–water partition coefficient (Wildman–Crippen LogP) is 2.92. The number of nitrogens with zero attached hydrogens (tertiary/aromatic N) is 1. The van der Waals surface area contributed by atoms with Gasteiger partial charge in [-0.1, -0.05) is 0 Å². The molecule has 1 aliphatic rings. The van der Waals surface area contributed by atoms with Gasteiger partial charge in [-0.3, -0.25) is 4.90 Å². The zero-order chi connectivity index (χ0) is 17.6. The first-order chi connectivity index (χ1) is 12.1. The molecule has 6 nitrogen and oxygen atoms in total. The average molecular weight is 347 g/mol. The smallest absolute Gasteiger partial charge is 0.319 e. The van der Waals surface area contributed by atoms with Crippen LogP contribution in [0.15, 0.2) is 40.8 Å². The molecular formula is C18H22FN3O3. The van der Waals surface area contributed by atoms with Gasteiger partial charge in [-0.25, -0.2) is 9.18 Å². The second-order valence-electron chi connectivity index (χ2n) is 5.95. The summed E-state index contributed by atoms with van der Waals surface area (Å²) in [6.07, 6.45) is 0. The van der Waals surface area contributed by atoms with Crippen molar-refractivity contribution in [1.82, 2.24) is 10.2 Å². The summed E-state index contributed by atoms with van der Waals surface area (Å²) in [5, 5.41) is 5.56. The monoisotopic (exact) mass is 347 g/mol. The Morgan fingerprint density at radius 2 is 1.92 bits per heavy atom. The summed E-state index contributed by atoms with van der Waals surface area (Å²) >= 11 is 0. The van der Waals surface area contributed by atoms with Crippen molar-refractivity contribution >= 4 is 11.7 Å². The number of amides is 2. The Kier molecular flexibility index (Phi) is 5.67. The Labute approximate surface area is 145 Å². The molecule has 1 aromatic heterocycles. The van der Waals surface area contributed by atoms with Crippen LogP contribution in [0.2, 0.25) is 0 Å². The zero-order valence-corrected chi connectivity index (χ0v) is 14.1. The lowest BCUT2D eigenvalue weighted by molar-refractivity contribution is 0.0122. The minimum Gasteiger partial charge on any atom is -0.465 e. The minimum atomic E-state index is -0.341. The summed E-state index contributed by atoms with van der Waals surface area (Å²) in [7, 11) is 0.